The molecule has 2 rings (SSSR count). The van der Waals surface area contributed by atoms with Gasteiger partial charge in [0, 0.05) is 18.0 Å². The summed E-state index contributed by atoms with van der Waals surface area (Å²) in [6.45, 7) is 0.698. The second kappa shape index (κ2) is 1.62. The van der Waals surface area contributed by atoms with E-state index in [2.05, 4.69) is 15.2 Å². The van der Waals surface area contributed by atoms with Gasteiger partial charge in [-0.3, -0.25) is 4.98 Å². The highest BCUT2D eigenvalue weighted by Crippen LogP contribution is 2.23. The third kappa shape index (κ3) is 0.614. The van der Waals surface area contributed by atoms with Crippen molar-refractivity contribution in [3.8, 4) is 0 Å². The molecule has 0 aliphatic carbocycles. The number of aromatic nitrogens is 1. The molecule has 1 aromatic rings. The second-order valence-corrected chi connectivity index (χ2v) is 1.90. The van der Waals surface area contributed by atoms with Crippen molar-refractivity contribution in [2.24, 2.45) is 10.2 Å². The number of nitrogens with zero attached hydrogens (tertiary/aromatic N) is 3. The Labute approximate surface area is 52.5 Å². The molecule has 1 aliphatic heterocycles. The molecule has 3 nitrogen and oxygen atoms in total. The first-order valence-corrected chi connectivity index (χ1v) is 2.77. The Kier molecular flexibility index (Phi) is 0.828. The van der Waals surface area contributed by atoms with E-state index in [4.69, 9.17) is 0 Å². The van der Waals surface area contributed by atoms with E-state index in [0.717, 1.165) is 11.3 Å². The van der Waals surface area contributed by atoms with Crippen LogP contribution in [0.5, 0.6) is 0 Å². The normalized spacial score (nSPS) is 13.8. The molecular weight excluding hydrogens is 114 g/mol. The van der Waals surface area contributed by atoms with Crippen molar-refractivity contribution >= 4 is 5.69 Å². The lowest BCUT2D eigenvalue weighted by Gasteiger charge is -1.88. The number of hydrogen-bond donors (Lipinski definition) is 0. The first kappa shape index (κ1) is 4.61. The molecule has 0 amide bonds. The van der Waals surface area contributed by atoms with E-state index < -0.39 is 0 Å². The topological polar surface area (TPSA) is 37.6 Å². The Hall–Kier alpha value is -1.25. The van der Waals surface area contributed by atoms with Crippen LogP contribution >= 0.6 is 0 Å². The van der Waals surface area contributed by atoms with Gasteiger partial charge in [-0.2, -0.15) is 10.2 Å². The van der Waals surface area contributed by atoms with Crippen LogP contribution in [0.3, 0.4) is 0 Å². The van der Waals surface area contributed by atoms with Crippen molar-refractivity contribution < 1.29 is 0 Å². The quantitative estimate of drug-likeness (QED) is 0.512. The lowest BCUT2D eigenvalue weighted by molar-refractivity contribution is 1.03. The molecule has 0 radical (unpaired) electrons. The summed E-state index contributed by atoms with van der Waals surface area (Å²) in [6, 6.07) is 1.87. The smallest absolute Gasteiger partial charge is 0.0934 e. The molecule has 2 heterocycles. The van der Waals surface area contributed by atoms with Crippen molar-refractivity contribution in [1.82, 2.24) is 4.98 Å². The largest absolute Gasteiger partial charge is 0.264 e. The summed E-state index contributed by atoms with van der Waals surface area (Å²) in [5.74, 6) is 0. The zero-order chi connectivity index (χ0) is 6.10. The summed E-state index contributed by atoms with van der Waals surface area (Å²) in [5.41, 5.74) is 2.09. The SMILES string of the molecule is c1cc2c(cn1)CN=N2. The third-order valence-electron chi connectivity index (χ3n) is 1.30. The molecule has 1 aromatic heterocycles. The fraction of sp³-hybridized carbons (Fsp3) is 0.167. The maximum Gasteiger partial charge on any atom is 0.0934 e. The zero-order valence-corrected chi connectivity index (χ0v) is 4.78. The number of rotatable bonds is 0. The van der Waals surface area contributed by atoms with Crippen molar-refractivity contribution in [3.05, 3.63) is 24.0 Å². The fourth-order valence-electron chi connectivity index (χ4n) is 0.827. The fourth-order valence-corrected chi connectivity index (χ4v) is 0.827. The Morgan fingerprint density at radius 2 is 2.44 bits per heavy atom. The van der Waals surface area contributed by atoms with E-state index in [0.29, 0.717) is 6.54 Å². The molecule has 0 bridgehead atoms. The Morgan fingerprint density at radius 1 is 1.44 bits per heavy atom. The van der Waals surface area contributed by atoms with Gasteiger partial charge in [0.2, 0.25) is 0 Å². The average molecular weight is 119 g/mol. The predicted molar refractivity (Wildman–Crippen MR) is 32.5 cm³/mol. The number of hydrogen-bond acceptors (Lipinski definition) is 3. The number of fused-ring (bicyclic) bond motifs is 1. The molecule has 0 aromatic carbocycles. The average Bonchev–Trinajstić information content (AvgIpc) is 2.33. The molecule has 0 atom stereocenters. The van der Waals surface area contributed by atoms with Gasteiger partial charge in [0.25, 0.3) is 0 Å². The van der Waals surface area contributed by atoms with Gasteiger partial charge in [-0.15, -0.1) is 0 Å². The van der Waals surface area contributed by atoms with E-state index in [1.165, 1.54) is 0 Å². The summed E-state index contributed by atoms with van der Waals surface area (Å²) in [6.07, 6.45) is 3.53. The summed E-state index contributed by atoms with van der Waals surface area (Å²) in [7, 11) is 0. The van der Waals surface area contributed by atoms with Crippen molar-refractivity contribution in [1.29, 1.82) is 0 Å². The van der Waals surface area contributed by atoms with Gasteiger partial charge in [-0.05, 0) is 6.07 Å². The molecule has 0 fully saturated rings. The molecule has 3 heteroatoms. The molecule has 0 saturated carbocycles. The van der Waals surface area contributed by atoms with Crippen LogP contribution in [0.1, 0.15) is 5.56 Å². The maximum absolute atomic E-state index is 3.94. The summed E-state index contributed by atoms with van der Waals surface area (Å²) in [5, 5.41) is 7.72. The summed E-state index contributed by atoms with van der Waals surface area (Å²) < 4.78 is 0. The van der Waals surface area contributed by atoms with Crippen LogP contribution in [0.2, 0.25) is 0 Å². The number of pyridine rings is 1. The monoisotopic (exact) mass is 119 g/mol. The lowest BCUT2D eigenvalue weighted by atomic mass is 10.2. The van der Waals surface area contributed by atoms with Gasteiger partial charge in [0.05, 0.1) is 12.2 Å². The van der Waals surface area contributed by atoms with Crippen LogP contribution in [0.25, 0.3) is 0 Å². The molecule has 9 heavy (non-hydrogen) atoms. The van der Waals surface area contributed by atoms with Crippen molar-refractivity contribution in [2.75, 3.05) is 0 Å². The molecule has 1 aliphatic rings. The standard InChI is InChI=1S/C6H5N3/c1-2-7-3-5-4-8-9-6(1)5/h1-3H,4H2. The Balaban J connectivity index is 2.63. The lowest BCUT2D eigenvalue weighted by Crippen LogP contribution is -1.76. The predicted octanol–water partition coefficient (Wildman–Crippen LogP) is 1.68. The van der Waals surface area contributed by atoms with E-state index >= 15 is 0 Å². The van der Waals surface area contributed by atoms with E-state index in [1.54, 1.807) is 12.4 Å². The first-order chi connectivity index (χ1) is 4.47. The third-order valence-corrected chi connectivity index (χ3v) is 1.30. The Morgan fingerprint density at radius 3 is 3.33 bits per heavy atom. The molecular formula is C6H5N3. The highest BCUT2D eigenvalue weighted by molar-refractivity contribution is 5.44. The maximum atomic E-state index is 3.94. The van der Waals surface area contributed by atoms with Crippen LogP contribution in [0.15, 0.2) is 28.7 Å². The van der Waals surface area contributed by atoms with Crippen molar-refractivity contribution in [2.45, 2.75) is 6.54 Å². The van der Waals surface area contributed by atoms with Gasteiger partial charge >= 0.3 is 0 Å². The minimum atomic E-state index is 0.698. The highest BCUT2D eigenvalue weighted by atomic mass is 15.1. The van der Waals surface area contributed by atoms with Gasteiger partial charge in [0.15, 0.2) is 0 Å². The molecule has 0 saturated heterocycles. The first-order valence-electron chi connectivity index (χ1n) is 2.77. The molecule has 0 unspecified atom stereocenters. The second-order valence-electron chi connectivity index (χ2n) is 1.90. The van der Waals surface area contributed by atoms with Gasteiger partial charge < -0.3 is 0 Å². The molecule has 44 valence electrons. The zero-order valence-electron chi connectivity index (χ0n) is 4.78. The van der Waals surface area contributed by atoms with Crippen LogP contribution in [0, 0.1) is 0 Å². The minimum Gasteiger partial charge on any atom is -0.264 e. The van der Waals surface area contributed by atoms with Gasteiger partial charge in [-0.1, -0.05) is 0 Å². The van der Waals surface area contributed by atoms with Gasteiger partial charge in [0.1, 0.15) is 0 Å². The van der Waals surface area contributed by atoms with E-state index in [-0.39, 0.29) is 0 Å². The summed E-state index contributed by atoms with van der Waals surface area (Å²) >= 11 is 0. The van der Waals surface area contributed by atoms with Crippen molar-refractivity contribution in [3.63, 3.8) is 0 Å². The number of azo groups is 1. The minimum absolute atomic E-state index is 0.698. The van der Waals surface area contributed by atoms with Crippen LogP contribution < -0.4 is 0 Å². The molecule has 0 N–H and O–H groups in total. The molecule has 0 spiro atoms. The Bertz CT molecular complexity index is 254. The van der Waals surface area contributed by atoms with Crippen LogP contribution in [0.4, 0.5) is 5.69 Å². The highest BCUT2D eigenvalue weighted by Gasteiger charge is 2.04. The van der Waals surface area contributed by atoms with E-state index in [1.807, 2.05) is 6.07 Å². The summed E-state index contributed by atoms with van der Waals surface area (Å²) in [4.78, 5) is 3.94. The van der Waals surface area contributed by atoms with E-state index in [9.17, 15) is 0 Å². The van der Waals surface area contributed by atoms with Crippen LogP contribution in [-0.2, 0) is 6.54 Å². The van der Waals surface area contributed by atoms with Gasteiger partial charge in [-0.25, -0.2) is 0 Å². The van der Waals surface area contributed by atoms with Crippen LogP contribution in [-0.4, -0.2) is 4.98 Å².